The smallest absolute Gasteiger partial charge is 0.131 e. The van der Waals surface area contributed by atoms with Crippen LogP contribution in [-0.2, 0) is 4.74 Å². The average molecular weight is 221 g/mol. The minimum Gasteiger partial charge on any atom is -0.397 e. The van der Waals surface area contributed by atoms with E-state index in [1.807, 2.05) is 6.07 Å². The Labute approximate surface area is 96.4 Å². The monoisotopic (exact) mass is 221 g/mol. The van der Waals surface area contributed by atoms with Crippen molar-refractivity contribution in [3.8, 4) is 0 Å². The fourth-order valence-corrected chi connectivity index (χ4v) is 2.08. The van der Waals surface area contributed by atoms with Crippen LogP contribution < -0.4 is 10.6 Å². The molecule has 0 radical (unpaired) electrons. The fraction of sp³-hybridized carbons (Fsp3) is 0.583. The third-order valence-electron chi connectivity index (χ3n) is 2.97. The summed E-state index contributed by atoms with van der Waals surface area (Å²) in [6.45, 7) is 6.82. The number of aromatic nitrogens is 1. The first-order valence-electron chi connectivity index (χ1n) is 5.79. The maximum atomic E-state index is 5.70. The largest absolute Gasteiger partial charge is 0.397 e. The summed E-state index contributed by atoms with van der Waals surface area (Å²) < 4.78 is 5.65. The lowest BCUT2D eigenvalue weighted by molar-refractivity contribution is 0.0381. The molecule has 2 N–H and O–H groups in total. The Bertz CT molecular complexity index is 367. The first-order valence-corrected chi connectivity index (χ1v) is 5.79. The zero-order valence-electron chi connectivity index (χ0n) is 9.94. The summed E-state index contributed by atoms with van der Waals surface area (Å²) in [7, 11) is 0. The maximum Gasteiger partial charge on any atom is 0.131 e. The van der Waals surface area contributed by atoms with E-state index in [1.54, 1.807) is 6.20 Å². The SMILES string of the molecule is CCC1CN(c2ncc(N)cc2C)CCO1. The molecule has 0 saturated carbocycles. The second-order valence-electron chi connectivity index (χ2n) is 4.26. The molecule has 0 aromatic carbocycles. The van der Waals surface area contributed by atoms with Crippen molar-refractivity contribution in [2.45, 2.75) is 26.4 Å². The molecular formula is C12H19N3O. The molecule has 0 spiro atoms. The van der Waals surface area contributed by atoms with Crippen LogP contribution in [0.1, 0.15) is 18.9 Å². The van der Waals surface area contributed by atoms with Gasteiger partial charge in [-0.1, -0.05) is 6.92 Å². The van der Waals surface area contributed by atoms with E-state index < -0.39 is 0 Å². The molecule has 1 atom stereocenters. The summed E-state index contributed by atoms with van der Waals surface area (Å²) in [6, 6.07) is 1.97. The molecule has 4 heteroatoms. The van der Waals surface area contributed by atoms with E-state index in [0.717, 1.165) is 43.2 Å². The molecular weight excluding hydrogens is 202 g/mol. The van der Waals surface area contributed by atoms with E-state index >= 15 is 0 Å². The Morgan fingerprint density at radius 1 is 1.62 bits per heavy atom. The summed E-state index contributed by atoms with van der Waals surface area (Å²) in [6.07, 6.45) is 3.09. The Balaban J connectivity index is 2.16. The van der Waals surface area contributed by atoms with Crippen LogP contribution in [0, 0.1) is 6.92 Å². The zero-order valence-corrected chi connectivity index (χ0v) is 9.94. The van der Waals surface area contributed by atoms with Gasteiger partial charge in [0.05, 0.1) is 24.6 Å². The van der Waals surface area contributed by atoms with Crippen molar-refractivity contribution in [3.05, 3.63) is 17.8 Å². The summed E-state index contributed by atoms with van der Waals surface area (Å²) >= 11 is 0. The van der Waals surface area contributed by atoms with E-state index in [4.69, 9.17) is 10.5 Å². The first-order chi connectivity index (χ1) is 7.70. The standard InChI is InChI=1S/C12H19N3O/c1-3-11-8-15(4-5-16-11)12-9(2)6-10(13)7-14-12/h6-7,11H,3-5,8,13H2,1-2H3. The molecule has 1 unspecified atom stereocenters. The van der Waals surface area contributed by atoms with Crippen LogP contribution in [-0.4, -0.2) is 30.8 Å². The molecule has 88 valence electrons. The van der Waals surface area contributed by atoms with Gasteiger partial charge in [-0.3, -0.25) is 0 Å². The Morgan fingerprint density at radius 3 is 3.12 bits per heavy atom. The first kappa shape index (κ1) is 11.2. The highest BCUT2D eigenvalue weighted by Gasteiger charge is 2.21. The molecule has 0 bridgehead atoms. The average Bonchev–Trinajstić information content (AvgIpc) is 2.29. The van der Waals surface area contributed by atoms with Crippen LogP contribution in [0.5, 0.6) is 0 Å². The second-order valence-corrected chi connectivity index (χ2v) is 4.26. The van der Waals surface area contributed by atoms with Crippen molar-refractivity contribution in [3.63, 3.8) is 0 Å². The van der Waals surface area contributed by atoms with Gasteiger partial charge in [0.1, 0.15) is 5.82 Å². The number of nitrogens with zero attached hydrogens (tertiary/aromatic N) is 2. The second kappa shape index (κ2) is 4.70. The lowest BCUT2D eigenvalue weighted by Crippen LogP contribution is -2.42. The van der Waals surface area contributed by atoms with Crippen molar-refractivity contribution < 1.29 is 4.74 Å². The number of aryl methyl sites for hydroxylation is 1. The molecule has 0 amide bonds. The van der Waals surface area contributed by atoms with Gasteiger partial charge in [0, 0.05) is 13.1 Å². The van der Waals surface area contributed by atoms with E-state index in [2.05, 4.69) is 23.7 Å². The number of nitrogens with two attached hydrogens (primary N) is 1. The molecule has 1 fully saturated rings. The maximum absolute atomic E-state index is 5.70. The third kappa shape index (κ3) is 2.27. The van der Waals surface area contributed by atoms with Gasteiger partial charge in [0.25, 0.3) is 0 Å². The minimum absolute atomic E-state index is 0.326. The van der Waals surface area contributed by atoms with Gasteiger partial charge in [-0.25, -0.2) is 4.98 Å². The normalized spacial score (nSPS) is 21.1. The van der Waals surface area contributed by atoms with Crippen LogP contribution in [0.4, 0.5) is 11.5 Å². The molecule has 4 nitrogen and oxygen atoms in total. The molecule has 1 saturated heterocycles. The third-order valence-corrected chi connectivity index (χ3v) is 2.97. The van der Waals surface area contributed by atoms with E-state index in [9.17, 15) is 0 Å². The predicted molar refractivity (Wildman–Crippen MR) is 65.6 cm³/mol. The van der Waals surface area contributed by atoms with Gasteiger partial charge in [-0.2, -0.15) is 0 Å². The number of pyridine rings is 1. The quantitative estimate of drug-likeness (QED) is 0.824. The number of hydrogen-bond acceptors (Lipinski definition) is 4. The molecule has 16 heavy (non-hydrogen) atoms. The summed E-state index contributed by atoms with van der Waals surface area (Å²) in [5, 5.41) is 0. The van der Waals surface area contributed by atoms with E-state index in [0.29, 0.717) is 6.10 Å². The summed E-state index contributed by atoms with van der Waals surface area (Å²) in [5.41, 5.74) is 7.56. The van der Waals surface area contributed by atoms with Crippen molar-refractivity contribution >= 4 is 11.5 Å². The van der Waals surface area contributed by atoms with Crippen molar-refractivity contribution in [2.24, 2.45) is 0 Å². The number of morpholine rings is 1. The number of anilines is 2. The van der Waals surface area contributed by atoms with E-state index in [-0.39, 0.29) is 0 Å². The zero-order chi connectivity index (χ0) is 11.5. The highest BCUT2D eigenvalue weighted by molar-refractivity contribution is 5.52. The molecule has 1 aliphatic rings. The molecule has 0 aliphatic carbocycles. The fourth-order valence-electron chi connectivity index (χ4n) is 2.08. The summed E-state index contributed by atoms with van der Waals surface area (Å²) in [5.74, 6) is 1.04. The van der Waals surface area contributed by atoms with Crippen LogP contribution in [0.15, 0.2) is 12.3 Å². The highest BCUT2D eigenvalue weighted by Crippen LogP contribution is 2.21. The molecule has 1 aromatic heterocycles. The number of ether oxygens (including phenoxy) is 1. The van der Waals surface area contributed by atoms with Gasteiger partial charge in [-0.15, -0.1) is 0 Å². The molecule has 1 aromatic rings. The van der Waals surface area contributed by atoms with Crippen LogP contribution in [0.25, 0.3) is 0 Å². The summed E-state index contributed by atoms with van der Waals surface area (Å²) in [4.78, 5) is 6.70. The predicted octanol–water partition coefficient (Wildman–Crippen LogP) is 1.59. The van der Waals surface area contributed by atoms with Crippen LogP contribution in [0.2, 0.25) is 0 Å². The van der Waals surface area contributed by atoms with Crippen molar-refractivity contribution in [1.29, 1.82) is 0 Å². The Kier molecular flexibility index (Phi) is 3.29. The van der Waals surface area contributed by atoms with Crippen molar-refractivity contribution in [1.82, 2.24) is 4.98 Å². The van der Waals surface area contributed by atoms with Gasteiger partial charge in [0.15, 0.2) is 0 Å². The number of nitrogen functional groups attached to an aromatic ring is 1. The number of hydrogen-bond donors (Lipinski definition) is 1. The van der Waals surface area contributed by atoms with Crippen LogP contribution >= 0.6 is 0 Å². The minimum atomic E-state index is 0.326. The lowest BCUT2D eigenvalue weighted by atomic mass is 10.2. The lowest BCUT2D eigenvalue weighted by Gasteiger charge is -2.34. The van der Waals surface area contributed by atoms with Gasteiger partial charge < -0.3 is 15.4 Å². The van der Waals surface area contributed by atoms with Gasteiger partial charge in [0.2, 0.25) is 0 Å². The topological polar surface area (TPSA) is 51.4 Å². The number of rotatable bonds is 2. The van der Waals surface area contributed by atoms with Gasteiger partial charge in [-0.05, 0) is 25.0 Å². The molecule has 1 aliphatic heterocycles. The Morgan fingerprint density at radius 2 is 2.44 bits per heavy atom. The van der Waals surface area contributed by atoms with Crippen molar-refractivity contribution in [2.75, 3.05) is 30.3 Å². The molecule has 2 heterocycles. The van der Waals surface area contributed by atoms with Crippen LogP contribution in [0.3, 0.4) is 0 Å². The Hall–Kier alpha value is -1.29. The molecule has 2 rings (SSSR count). The van der Waals surface area contributed by atoms with E-state index in [1.165, 1.54) is 0 Å². The highest BCUT2D eigenvalue weighted by atomic mass is 16.5. The van der Waals surface area contributed by atoms with Gasteiger partial charge >= 0.3 is 0 Å².